The molecule has 138 valence electrons. The van der Waals surface area contributed by atoms with E-state index < -0.39 is 11.7 Å². The van der Waals surface area contributed by atoms with Gasteiger partial charge in [0.25, 0.3) is 5.91 Å². The predicted octanol–water partition coefficient (Wildman–Crippen LogP) is 2.88. The van der Waals surface area contributed by atoms with E-state index in [4.69, 9.17) is 9.47 Å². The summed E-state index contributed by atoms with van der Waals surface area (Å²) in [4.78, 5) is 14.6. The minimum atomic E-state index is -0.977. The number of para-hydroxylation sites is 1. The Labute approximate surface area is 154 Å². The molecular formula is C21H25NO4. The Morgan fingerprint density at radius 3 is 2.54 bits per heavy atom. The summed E-state index contributed by atoms with van der Waals surface area (Å²) in [6, 6.07) is 16.8. The fourth-order valence-corrected chi connectivity index (χ4v) is 3.12. The SMILES string of the molecule is COCc1ccc(C(=O)N2CC[C@@](C)(O)[C@H](Oc3ccccc3)C2)cc1. The second-order valence-electron chi connectivity index (χ2n) is 6.91. The number of rotatable bonds is 5. The summed E-state index contributed by atoms with van der Waals surface area (Å²) in [7, 11) is 1.64. The number of benzene rings is 2. The topological polar surface area (TPSA) is 59.0 Å². The van der Waals surface area contributed by atoms with Crippen molar-refractivity contribution < 1.29 is 19.4 Å². The molecule has 0 unspecified atom stereocenters. The van der Waals surface area contributed by atoms with E-state index in [2.05, 4.69) is 0 Å². The standard InChI is InChI=1S/C21H25NO4/c1-21(24)12-13-22(14-19(21)26-18-6-4-3-5-7-18)20(23)17-10-8-16(9-11-17)15-25-2/h3-11,19,24H,12-15H2,1-2H3/t19-,21-/m1/s1. The molecule has 2 aromatic rings. The van der Waals surface area contributed by atoms with Gasteiger partial charge in [-0.25, -0.2) is 0 Å². The van der Waals surface area contributed by atoms with Crippen LogP contribution in [0, 0.1) is 0 Å². The lowest BCUT2D eigenvalue weighted by Gasteiger charge is -2.42. The molecule has 0 aliphatic carbocycles. The number of piperidine rings is 1. The van der Waals surface area contributed by atoms with E-state index in [1.165, 1.54) is 0 Å². The lowest BCUT2D eigenvalue weighted by molar-refractivity contribution is -0.0881. The van der Waals surface area contributed by atoms with Crippen molar-refractivity contribution in [2.24, 2.45) is 0 Å². The summed E-state index contributed by atoms with van der Waals surface area (Å²) in [6.45, 7) is 3.14. The third-order valence-corrected chi connectivity index (χ3v) is 4.79. The van der Waals surface area contributed by atoms with Crippen LogP contribution in [0.4, 0.5) is 0 Å². The molecule has 3 rings (SSSR count). The molecule has 1 N–H and O–H groups in total. The predicted molar refractivity (Wildman–Crippen MR) is 99.2 cm³/mol. The van der Waals surface area contributed by atoms with Crippen molar-refractivity contribution in [3.63, 3.8) is 0 Å². The molecule has 0 bridgehead atoms. The van der Waals surface area contributed by atoms with Gasteiger partial charge < -0.3 is 19.5 Å². The van der Waals surface area contributed by atoms with Crippen LogP contribution in [0.25, 0.3) is 0 Å². The van der Waals surface area contributed by atoms with Crippen molar-refractivity contribution in [3.8, 4) is 5.75 Å². The third kappa shape index (κ3) is 4.23. The molecule has 0 saturated carbocycles. The number of carbonyl (C=O) groups is 1. The van der Waals surface area contributed by atoms with Gasteiger partial charge in [-0.1, -0.05) is 30.3 Å². The van der Waals surface area contributed by atoms with Crippen molar-refractivity contribution in [1.29, 1.82) is 0 Å². The maximum absolute atomic E-state index is 12.8. The molecule has 1 fully saturated rings. The Bertz CT molecular complexity index is 727. The Morgan fingerprint density at radius 1 is 1.19 bits per heavy atom. The minimum Gasteiger partial charge on any atom is -0.486 e. The number of likely N-dealkylation sites (tertiary alicyclic amines) is 1. The number of nitrogens with zero attached hydrogens (tertiary/aromatic N) is 1. The molecule has 1 amide bonds. The number of amides is 1. The van der Waals surface area contributed by atoms with Crippen molar-refractivity contribution >= 4 is 5.91 Å². The molecule has 26 heavy (non-hydrogen) atoms. The zero-order valence-corrected chi connectivity index (χ0v) is 15.2. The molecule has 1 heterocycles. The number of carbonyl (C=O) groups excluding carboxylic acids is 1. The van der Waals surface area contributed by atoms with Crippen molar-refractivity contribution in [2.75, 3.05) is 20.2 Å². The van der Waals surface area contributed by atoms with Crippen LogP contribution in [0.15, 0.2) is 54.6 Å². The summed E-state index contributed by atoms with van der Waals surface area (Å²) >= 11 is 0. The Balaban J connectivity index is 1.71. The number of aliphatic hydroxyl groups is 1. The fourth-order valence-electron chi connectivity index (χ4n) is 3.12. The van der Waals surface area contributed by atoms with E-state index in [-0.39, 0.29) is 5.91 Å². The van der Waals surface area contributed by atoms with Gasteiger partial charge in [-0.05, 0) is 43.2 Å². The van der Waals surface area contributed by atoms with Crippen LogP contribution >= 0.6 is 0 Å². The fraction of sp³-hybridized carbons (Fsp3) is 0.381. The number of hydrogen-bond acceptors (Lipinski definition) is 4. The van der Waals surface area contributed by atoms with E-state index in [0.29, 0.717) is 37.4 Å². The molecule has 1 aliphatic rings. The summed E-state index contributed by atoms with van der Waals surface area (Å²) in [6.07, 6.45) is -0.00628. The summed E-state index contributed by atoms with van der Waals surface area (Å²) in [5.74, 6) is 0.641. The second kappa shape index (κ2) is 7.89. The van der Waals surface area contributed by atoms with E-state index in [1.54, 1.807) is 18.9 Å². The highest BCUT2D eigenvalue weighted by atomic mass is 16.5. The van der Waals surface area contributed by atoms with E-state index in [0.717, 1.165) is 5.56 Å². The van der Waals surface area contributed by atoms with Crippen molar-refractivity contribution in [1.82, 2.24) is 4.90 Å². The van der Waals surface area contributed by atoms with E-state index in [9.17, 15) is 9.90 Å². The van der Waals surface area contributed by atoms with Crippen LogP contribution in [-0.2, 0) is 11.3 Å². The maximum Gasteiger partial charge on any atom is 0.253 e. The van der Waals surface area contributed by atoms with Crippen LogP contribution in [0.2, 0.25) is 0 Å². The largest absolute Gasteiger partial charge is 0.486 e. The Hall–Kier alpha value is -2.37. The van der Waals surface area contributed by atoms with Crippen molar-refractivity contribution in [3.05, 3.63) is 65.7 Å². The van der Waals surface area contributed by atoms with Crippen molar-refractivity contribution in [2.45, 2.75) is 31.7 Å². The maximum atomic E-state index is 12.8. The molecule has 0 radical (unpaired) electrons. The number of methoxy groups -OCH3 is 1. The first-order chi connectivity index (χ1) is 12.5. The van der Waals surface area contributed by atoms with Crippen LogP contribution in [0.1, 0.15) is 29.3 Å². The number of ether oxygens (including phenoxy) is 2. The van der Waals surface area contributed by atoms with Gasteiger partial charge in [0.15, 0.2) is 0 Å². The monoisotopic (exact) mass is 355 g/mol. The zero-order valence-electron chi connectivity index (χ0n) is 15.2. The van der Waals surface area contributed by atoms with Gasteiger partial charge in [-0.3, -0.25) is 4.79 Å². The quantitative estimate of drug-likeness (QED) is 0.896. The molecular weight excluding hydrogens is 330 g/mol. The normalized spacial score (nSPS) is 22.9. The zero-order chi connectivity index (χ0) is 18.6. The third-order valence-electron chi connectivity index (χ3n) is 4.79. The Morgan fingerprint density at radius 2 is 1.88 bits per heavy atom. The second-order valence-corrected chi connectivity index (χ2v) is 6.91. The summed E-state index contributed by atoms with van der Waals surface area (Å²) < 4.78 is 11.1. The van der Waals surface area contributed by atoms with Crippen LogP contribution in [0.3, 0.4) is 0 Å². The lowest BCUT2D eigenvalue weighted by Crippen LogP contribution is -2.57. The van der Waals surface area contributed by atoms with E-state index >= 15 is 0 Å². The molecule has 2 atom stereocenters. The highest BCUT2D eigenvalue weighted by molar-refractivity contribution is 5.94. The molecule has 0 spiro atoms. The highest BCUT2D eigenvalue weighted by Crippen LogP contribution is 2.27. The van der Waals surface area contributed by atoms with Crippen LogP contribution < -0.4 is 4.74 Å². The van der Waals surface area contributed by atoms with E-state index in [1.807, 2.05) is 54.6 Å². The number of hydrogen-bond donors (Lipinski definition) is 1. The minimum absolute atomic E-state index is 0.0499. The molecule has 5 heteroatoms. The highest BCUT2D eigenvalue weighted by Gasteiger charge is 2.41. The first-order valence-corrected chi connectivity index (χ1v) is 8.81. The average Bonchev–Trinajstić information content (AvgIpc) is 2.65. The smallest absolute Gasteiger partial charge is 0.253 e. The first kappa shape index (κ1) is 18.4. The van der Waals surface area contributed by atoms with Gasteiger partial charge in [0.05, 0.1) is 13.2 Å². The van der Waals surface area contributed by atoms with Gasteiger partial charge in [0.1, 0.15) is 17.5 Å². The first-order valence-electron chi connectivity index (χ1n) is 8.81. The van der Waals surface area contributed by atoms with Crippen LogP contribution in [-0.4, -0.2) is 47.8 Å². The molecule has 2 aromatic carbocycles. The lowest BCUT2D eigenvalue weighted by atomic mass is 9.90. The molecule has 1 saturated heterocycles. The molecule has 0 aromatic heterocycles. The van der Waals surface area contributed by atoms with Gasteiger partial charge in [-0.15, -0.1) is 0 Å². The van der Waals surface area contributed by atoms with Gasteiger partial charge >= 0.3 is 0 Å². The Kier molecular flexibility index (Phi) is 5.59. The summed E-state index contributed by atoms with van der Waals surface area (Å²) in [5.41, 5.74) is 0.676. The summed E-state index contributed by atoms with van der Waals surface area (Å²) in [5, 5.41) is 10.7. The van der Waals surface area contributed by atoms with Gasteiger partial charge in [0.2, 0.25) is 0 Å². The van der Waals surface area contributed by atoms with Crippen LogP contribution in [0.5, 0.6) is 5.75 Å². The average molecular weight is 355 g/mol. The van der Waals surface area contributed by atoms with Gasteiger partial charge in [-0.2, -0.15) is 0 Å². The molecule has 5 nitrogen and oxygen atoms in total. The van der Waals surface area contributed by atoms with Gasteiger partial charge in [0, 0.05) is 19.2 Å². The molecule has 1 aliphatic heterocycles.